The van der Waals surface area contributed by atoms with E-state index in [4.69, 9.17) is 0 Å². The number of amides is 1. The number of benzene rings is 2. The third kappa shape index (κ3) is 5.27. The molecule has 27 heavy (non-hydrogen) atoms. The van der Waals surface area contributed by atoms with E-state index in [2.05, 4.69) is 15.5 Å². The number of nitrogens with one attached hydrogen (secondary N) is 1. The number of halogens is 1. The van der Waals surface area contributed by atoms with Gasteiger partial charge in [0.25, 0.3) is 0 Å². The van der Waals surface area contributed by atoms with Crippen molar-refractivity contribution in [2.75, 3.05) is 22.5 Å². The van der Waals surface area contributed by atoms with Crippen molar-refractivity contribution in [3.05, 3.63) is 59.9 Å². The largest absolute Gasteiger partial charge is 0.330 e. The molecule has 1 amide bonds. The van der Waals surface area contributed by atoms with E-state index in [1.165, 1.54) is 35.2 Å². The number of hydrogen-bond donors (Lipinski definition) is 1. The van der Waals surface area contributed by atoms with E-state index in [0.29, 0.717) is 21.7 Å². The molecule has 8 heteroatoms. The van der Waals surface area contributed by atoms with Crippen LogP contribution in [0.5, 0.6) is 0 Å². The summed E-state index contributed by atoms with van der Waals surface area (Å²) in [6.07, 6.45) is 0. The van der Waals surface area contributed by atoms with Gasteiger partial charge in [0.1, 0.15) is 5.82 Å². The van der Waals surface area contributed by atoms with E-state index in [1.54, 1.807) is 17.0 Å². The Hall–Kier alpha value is -2.45. The molecule has 140 valence electrons. The van der Waals surface area contributed by atoms with Gasteiger partial charge in [0.05, 0.1) is 5.75 Å². The highest BCUT2D eigenvalue weighted by molar-refractivity contribution is 8.01. The SMILES string of the molecule is CCN(C(=O)CSc1nnc(Nc2cccc(C)c2)s1)c1ccc(F)cc1. The van der Waals surface area contributed by atoms with E-state index in [0.717, 1.165) is 11.3 Å². The zero-order chi connectivity index (χ0) is 19.2. The first kappa shape index (κ1) is 19.3. The van der Waals surface area contributed by atoms with Gasteiger partial charge in [-0.15, -0.1) is 10.2 Å². The normalized spacial score (nSPS) is 10.6. The molecule has 1 N–H and O–H groups in total. The Morgan fingerprint density at radius 3 is 2.70 bits per heavy atom. The fourth-order valence-corrected chi connectivity index (χ4v) is 4.14. The minimum Gasteiger partial charge on any atom is -0.330 e. The van der Waals surface area contributed by atoms with Gasteiger partial charge >= 0.3 is 0 Å². The van der Waals surface area contributed by atoms with Crippen LogP contribution < -0.4 is 10.2 Å². The zero-order valence-corrected chi connectivity index (χ0v) is 16.6. The minimum atomic E-state index is -0.320. The van der Waals surface area contributed by atoms with Gasteiger partial charge in [0, 0.05) is 17.9 Å². The predicted octanol–water partition coefficient (Wildman–Crippen LogP) is 4.87. The lowest BCUT2D eigenvalue weighted by Crippen LogP contribution is -2.32. The first-order valence-corrected chi connectivity index (χ1v) is 10.2. The fourth-order valence-electron chi connectivity index (χ4n) is 2.49. The molecular formula is C19H19FN4OS2. The molecule has 0 aliphatic rings. The van der Waals surface area contributed by atoms with E-state index < -0.39 is 0 Å². The molecule has 2 aromatic carbocycles. The van der Waals surface area contributed by atoms with Crippen LogP contribution in [0.3, 0.4) is 0 Å². The summed E-state index contributed by atoms with van der Waals surface area (Å²) in [6, 6.07) is 13.9. The second-order valence-corrected chi connectivity index (χ2v) is 7.97. The first-order valence-electron chi connectivity index (χ1n) is 8.41. The number of rotatable bonds is 7. The van der Waals surface area contributed by atoms with Crippen molar-refractivity contribution in [2.45, 2.75) is 18.2 Å². The fraction of sp³-hybridized carbons (Fsp3) is 0.211. The first-order chi connectivity index (χ1) is 13.0. The van der Waals surface area contributed by atoms with Gasteiger partial charge < -0.3 is 10.2 Å². The molecule has 3 aromatic rings. The molecule has 0 saturated carbocycles. The van der Waals surface area contributed by atoms with E-state index >= 15 is 0 Å². The summed E-state index contributed by atoms with van der Waals surface area (Å²) in [5.74, 6) is -0.138. The van der Waals surface area contributed by atoms with Gasteiger partial charge in [-0.05, 0) is 55.8 Å². The zero-order valence-electron chi connectivity index (χ0n) is 15.0. The number of aryl methyl sites for hydroxylation is 1. The van der Waals surface area contributed by atoms with Crippen LogP contribution >= 0.6 is 23.1 Å². The quantitative estimate of drug-likeness (QED) is 0.571. The Labute approximate surface area is 165 Å². The van der Waals surface area contributed by atoms with Crippen molar-refractivity contribution in [1.29, 1.82) is 0 Å². The summed E-state index contributed by atoms with van der Waals surface area (Å²) in [5.41, 5.74) is 2.79. The maximum atomic E-state index is 13.1. The van der Waals surface area contributed by atoms with Crippen LogP contribution in [0.1, 0.15) is 12.5 Å². The summed E-state index contributed by atoms with van der Waals surface area (Å²) in [7, 11) is 0. The molecule has 5 nitrogen and oxygen atoms in total. The van der Waals surface area contributed by atoms with Gasteiger partial charge in [-0.2, -0.15) is 0 Å². The van der Waals surface area contributed by atoms with Crippen molar-refractivity contribution in [3.8, 4) is 0 Å². The third-order valence-corrected chi connectivity index (χ3v) is 5.71. The molecule has 1 aromatic heterocycles. The molecule has 0 bridgehead atoms. The number of carbonyl (C=O) groups excluding carboxylic acids is 1. The maximum Gasteiger partial charge on any atom is 0.237 e. The van der Waals surface area contributed by atoms with Crippen LogP contribution in [0.4, 0.5) is 20.9 Å². The standard InChI is InChI=1S/C19H19FN4OS2/c1-3-24(16-9-7-14(20)8-10-16)17(25)12-26-19-23-22-18(27-19)21-15-6-4-5-13(2)11-15/h4-11H,3,12H2,1-2H3,(H,21,22). The van der Waals surface area contributed by atoms with Gasteiger partial charge in [0.15, 0.2) is 4.34 Å². The summed E-state index contributed by atoms with van der Waals surface area (Å²) < 4.78 is 13.8. The number of carbonyl (C=O) groups is 1. The van der Waals surface area contributed by atoms with Crippen LogP contribution in [0.15, 0.2) is 52.9 Å². The van der Waals surface area contributed by atoms with Gasteiger partial charge in [0.2, 0.25) is 11.0 Å². The Kier molecular flexibility index (Phi) is 6.41. The highest BCUT2D eigenvalue weighted by Gasteiger charge is 2.16. The lowest BCUT2D eigenvalue weighted by atomic mass is 10.2. The molecule has 0 atom stereocenters. The van der Waals surface area contributed by atoms with Crippen LogP contribution in [-0.2, 0) is 4.79 Å². The molecule has 0 saturated heterocycles. The van der Waals surface area contributed by atoms with Crippen LogP contribution in [0.2, 0.25) is 0 Å². The highest BCUT2D eigenvalue weighted by Crippen LogP contribution is 2.28. The number of aromatic nitrogens is 2. The summed E-state index contributed by atoms with van der Waals surface area (Å²) >= 11 is 2.75. The summed E-state index contributed by atoms with van der Waals surface area (Å²) in [4.78, 5) is 14.1. The van der Waals surface area contributed by atoms with Crippen LogP contribution in [0, 0.1) is 12.7 Å². The molecule has 1 heterocycles. The molecule has 0 aliphatic carbocycles. The average Bonchev–Trinajstić information content (AvgIpc) is 3.09. The van der Waals surface area contributed by atoms with Gasteiger partial charge in [-0.1, -0.05) is 35.2 Å². The van der Waals surface area contributed by atoms with Crippen LogP contribution in [-0.4, -0.2) is 28.4 Å². The highest BCUT2D eigenvalue weighted by atomic mass is 32.2. The minimum absolute atomic E-state index is 0.0579. The summed E-state index contributed by atoms with van der Waals surface area (Å²) in [5, 5.41) is 12.1. The number of hydrogen-bond acceptors (Lipinski definition) is 6. The van der Waals surface area contributed by atoms with E-state index in [-0.39, 0.29) is 17.5 Å². The Morgan fingerprint density at radius 1 is 1.22 bits per heavy atom. The van der Waals surface area contributed by atoms with Crippen molar-refractivity contribution < 1.29 is 9.18 Å². The lowest BCUT2D eigenvalue weighted by Gasteiger charge is -2.20. The topological polar surface area (TPSA) is 58.1 Å². The molecule has 0 aliphatic heterocycles. The Balaban J connectivity index is 1.58. The Bertz CT molecular complexity index is 914. The number of anilines is 3. The Morgan fingerprint density at radius 2 is 2.00 bits per heavy atom. The van der Waals surface area contributed by atoms with Gasteiger partial charge in [-0.3, -0.25) is 4.79 Å². The van der Waals surface area contributed by atoms with E-state index in [1.807, 2.05) is 38.1 Å². The number of nitrogens with zero attached hydrogens (tertiary/aromatic N) is 3. The molecule has 3 rings (SSSR count). The third-order valence-electron chi connectivity index (χ3n) is 3.75. The molecule has 0 fully saturated rings. The lowest BCUT2D eigenvalue weighted by molar-refractivity contribution is -0.116. The molecule has 0 radical (unpaired) electrons. The van der Waals surface area contributed by atoms with Gasteiger partial charge in [-0.25, -0.2) is 4.39 Å². The predicted molar refractivity (Wildman–Crippen MR) is 110 cm³/mol. The second kappa shape index (κ2) is 8.96. The smallest absolute Gasteiger partial charge is 0.237 e. The van der Waals surface area contributed by atoms with Crippen molar-refractivity contribution in [3.63, 3.8) is 0 Å². The average molecular weight is 403 g/mol. The molecule has 0 unspecified atom stereocenters. The molecule has 0 spiro atoms. The van der Waals surface area contributed by atoms with Crippen molar-refractivity contribution in [1.82, 2.24) is 10.2 Å². The van der Waals surface area contributed by atoms with Crippen LogP contribution in [0.25, 0.3) is 0 Å². The van der Waals surface area contributed by atoms with E-state index in [9.17, 15) is 9.18 Å². The van der Waals surface area contributed by atoms with Crippen molar-refractivity contribution >= 4 is 45.5 Å². The molecular weight excluding hydrogens is 383 g/mol. The maximum absolute atomic E-state index is 13.1. The monoisotopic (exact) mass is 402 g/mol. The summed E-state index contributed by atoms with van der Waals surface area (Å²) in [6.45, 7) is 4.43. The van der Waals surface area contributed by atoms with Crippen molar-refractivity contribution in [2.24, 2.45) is 0 Å². The number of thioether (sulfide) groups is 1. The second-order valence-electron chi connectivity index (χ2n) is 5.77.